The molecule has 8 N–H and O–H groups in total. The standard InChI is InChI=1S/C27H33N9O15P2/c1-10-3-12-13(4-11(10)2)35(24-18(32-12)25(42)34-27(43)33-24)5-14(37)19(39)15(38)6-48-52(44,45)51-53(46,47)49-7-16-20(40)21(41)26(50-16)36-9-31-17-22(28)29-8-30-23(17)36/h3-4,8-9,14-16,19-21,26,37-41H,5-7H2,1-2H3,(H,44,45)(H,46,47)(H2,28,29,30)(H,34,42,43)/p-2/t14?,15?,16-,19?,20+,21?,26-/m1/s1. The number of ether oxygens (including phenoxy) is 1. The molecule has 0 aliphatic carbocycles. The first-order chi connectivity index (χ1) is 24.9. The predicted molar refractivity (Wildman–Crippen MR) is 172 cm³/mol. The number of nitrogens with one attached hydrogen (secondary N) is 1. The fraction of sp³-hybridized carbons (Fsp3) is 0.444. The number of aromatic amines is 1. The summed E-state index contributed by atoms with van der Waals surface area (Å²) >= 11 is 0. The van der Waals surface area contributed by atoms with E-state index >= 15 is 0 Å². The quantitative estimate of drug-likeness (QED) is 0.0446. The molecule has 3 aliphatic rings. The van der Waals surface area contributed by atoms with E-state index in [0.29, 0.717) is 0 Å². The lowest BCUT2D eigenvalue weighted by Gasteiger charge is -2.32. The Kier molecular flexibility index (Phi) is 10.6. The van der Waals surface area contributed by atoms with Gasteiger partial charge in [-0.3, -0.25) is 23.5 Å². The number of hydrogen-bond donors (Lipinski definition) is 7. The van der Waals surface area contributed by atoms with E-state index < -0.39 is 89.5 Å². The summed E-state index contributed by atoms with van der Waals surface area (Å²) in [5, 5.41) is 52.9. The summed E-state index contributed by atoms with van der Waals surface area (Å²) in [6.45, 7) is 0.570. The molecule has 1 aromatic carbocycles. The molecule has 0 bridgehead atoms. The summed E-state index contributed by atoms with van der Waals surface area (Å²) in [5.41, 5.74) is 5.97. The van der Waals surface area contributed by atoms with Gasteiger partial charge >= 0.3 is 5.69 Å². The number of benzene rings is 1. The summed E-state index contributed by atoms with van der Waals surface area (Å²) in [6, 6.07) is 3.27. The van der Waals surface area contributed by atoms with Crippen molar-refractivity contribution in [3.8, 4) is 11.5 Å². The van der Waals surface area contributed by atoms with E-state index in [1.807, 2.05) is 4.98 Å². The Balaban J connectivity index is 1.07. The summed E-state index contributed by atoms with van der Waals surface area (Å²) in [4.78, 5) is 71.1. The number of aromatic nitrogens is 8. The van der Waals surface area contributed by atoms with Gasteiger partial charge in [-0.1, -0.05) is 0 Å². The fourth-order valence-corrected chi connectivity index (χ4v) is 7.56. The Morgan fingerprint density at radius 3 is 2.43 bits per heavy atom. The van der Waals surface area contributed by atoms with Gasteiger partial charge in [0.15, 0.2) is 29.2 Å². The van der Waals surface area contributed by atoms with Gasteiger partial charge in [0.2, 0.25) is 0 Å². The van der Waals surface area contributed by atoms with Crippen molar-refractivity contribution in [1.29, 1.82) is 0 Å². The van der Waals surface area contributed by atoms with Gasteiger partial charge in [-0.25, -0.2) is 29.0 Å². The molecule has 5 heterocycles. The molecule has 2 aromatic heterocycles. The van der Waals surface area contributed by atoms with Gasteiger partial charge in [0, 0.05) is 0 Å². The molecule has 24 nitrogen and oxygen atoms in total. The van der Waals surface area contributed by atoms with Crippen molar-refractivity contribution in [2.24, 2.45) is 0 Å². The van der Waals surface area contributed by atoms with Crippen LogP contribution in [0.25, 0.3) is 33.7 Å². The minimum Gasteiger partial charge on any atom is -0.756 e. The minimum atomic E-state index is -5.85. The number of hydrogen-bond acceptors (Lipinski definition) is 21. The van der Waals surface area contributed by atoms with Crippen LogP contribution in [-0.2, 0) is 33.8 Å². The number of nitrogens with two attached hydrogens (primary N) is 1. The molecule has 0 amide bonds. The van der Waals surface area contributed by atoms with Crippen LogP contribution < -0.4 is 26.8 Å². The first-order valence-corrected chi connectivity index (χ1v) is 18.3. The third-order valence-corrected chi connectivity index (χ3v) is 10.9. The molecule has 53 heavy (non-hydrogen) atoms. The second-order valence-corrected chi connectivity index (χ2v) is 15.0. The number of H-pyrrole nitrogens is 1. The van der Waals surface area contributed by atoms with Gasteiger partial charge in [-0.05, 0) is 37.1 Å². The Labute approximate surface area is 295 Å². The first kappa shape index (κ1) is 38.6. The van der Waals surface area contributed by atoms with E-state index in [2.05, 4.69) is 38.3 Å². The highest BCUT2D eigenvalue weighted by Gasteiger charge is 2.45. The third-order valence-electron chi connectivity index (χ3n) is 8.38. The van der Waals surface area contributed by atoms with E-state index in [0.717, 1.165) is 17.5 Å². The van der Waals surface area contributed by atoms with Crippen LogP contribution in [-0.4, -0.2) is 114 Å². The lowest BCUT2D eigenvalue weighted by Crippen LogP contribution is -2.43. The van der Waals surface area contributed by atoms with Crippen molar-refractivity contribution in [2.45, 2.75) is 63.2 Å². The third kappa shape index (κ3) is 7.91. The van der Waals surface area contributed by atoms with Crippen molar-refractivity contribution in [1.82, 2.24) is 39.0 Å². The number of fused-ring (bicyclic) bond motifs is 3. The molecule has 0 radical (unpaired) electrons. The maximum atomic E-state index is 12.5. The largest absolute Gasteiger partial charge is 0.756 e. The van der Waals surface area contributed by atoms with Crippen LogP contribution in [0.5, 0.6) is 0 Å². The SMILES string of the molecule is Cc1cc2nc3c(=O)[nH]c(=O)nc-3n(CC(O)C(O)C(O)COP(=O)([O-])OP(=O)([O-])OC[C@H]3O[C@@H](n4cnc5c(N)ncnc54)C(O)[C@H]3O)c2cc1C. The van der Waals surface area contributed by atoms with Crippen LogP contribution in [0.2, 0.25) is 0 Å². The van der Waals surface area contributed by atoms with Crippen molar-refractivity contribution in [3.05, 3.63) is 56.8 Å². The zero-order chi connectivity index (χ0) is 38.6. The highest BCUT2D eigenvalue weighted by Crippen LogP contribution is 2.56. The van der Waals surface area contributed by atoms with Crippen LogP contribution in [0.3, 0.4) is 0 Å². The first-order valence-electron chi connectivity index (χ1n) is 15.4. The molecule has 9 atom stereocenters. The summed E-state index contributed by atoms with van der Waals surface area (Å²) < 4.78 is 45.7. The average Bonchev–Trinajstić information content (AvgIpc) is 3.63. The Bertz CT molecular complexity index is 2350. The van der Waals surface area contributed by atoms with Gasteiger partial charge in [-0.2, -0.15) is 4.98 Å². The normalized spacial score (nSPS) is 23.3. The zero-order valence-electron chi connectivity index (χ0n) is 27.4. The monoisotopic (exact) mass is 783 g/mol. The summed E-state index contributed by atoms with van der Waals surface area (Å²) in [5.74, 6) is -0.243. The number of nitrogen functional groups attached to an aromatic ring is 1. The van der Waals surface area contributed by atoms with Gasteiger partial charge in [0.1, 0.15) is 48.5 Å². The van der Waals surface area contributed by atoms with Gasteiger partial charge in [-0.15, -0.1) is 0 Å². The number of aliphatic hydroxyl groups excluding tert-OH is 5. The van der Waals surface area contributed by atoms with Crippen molar-refractivity contribution in [2.75, 3.05) is 18.9 Å². The smallest absolute Gasteiger partial charge is 0.349 e. The fourth-order valence-electron chi connectivity index (χ4n) is 5.54. The minimum absolute atomic E-state index is 0.0151. The molecule has 0 spiro atoms. The molecule has 6 rings (SSSR count). The number of aliphatic hydroxyl groups is 5. The van der Waals surface area contributed by atoms with Crippen LogP contribution in [0.4, 0.5) is 5.82 Å². The molecule has 0 saturated carbocycles. The molecule has 3 aliphatic heterocycles. The highest BCUT2D eigenvalue weighted by molar-refractivity contribution is 7.59. The van der Waals surface area contributed by atoms with Gasteiger partial charge in [0.25, 0.3) is 21.2 Å². The topological polar surface area (TPSA) is 369 Å². The molecule has 1 fully saturated rings. The Hall–Kier alpha value is -4.13. The van der Waals surface area contributed by atoms with E-state index in [9.17, 15) is 54.0 Å². The lowest BCUT2D eigenvalue weighted by molar-refractivity contribution is -0.247. The van der Waals surface area contributed by atoms with Crippen LogP contribution in [0, 0.1) is 13.8 Å². The highest BCUT2D eigenvalue weighted by atomic mass is 31.3. The van der Waals surface area contributed by atoms with Crippen molar-refractivity contribution in [3.63, 3.8) is 0 Å². The number of imidazole rings is 1. The van der Waals surface area contributed by atoms with Crippen molar-refractivity contribution < 1.29 is 62.5 Å². The van der Waals surface area contributed by atoms with Crippen molar-refractivity contribution >= 4 is 43.7 Å². The molecular weight excluding hydrogens is 752 g/mol. The van der Waals surface area contributed by atoms with Gasteiger partial charge < -0.3 is 59.4 Å². The van der Waals surface area contributed by atoms with Crippen LogP contribution >= 0.6 is 15.6 Å². The number of anilines is 1. The number of nitrogens with zero attached hydrogens (tertiary/aromatic N) is 7. The Morgan fingerprint density at radius 2 is 1.70 bits per heavy atom. The predicted octanol–water partition coefficient (Wildman–Crippen LogP) is -3.69. The molecule has 286 valence electrons. The zero-order valence-corrected chi connectivity index (χ0v) is 29.2. The second-order valence-electron chi connectivity index (χ2n) is 12.0. The number of phosphoric acid groups is 2. The number of rotatable bonds is 13. The molecule has 3 aromatic rings. The van der Waals surface area contributed by atoms with Gasteiger partial charge in [0.05, 0.1) is 37.1 Å². The maximum Gasteiger partial charge on any atom is 0.349 e. The van der Waals surface area contributed by atoms with E-state index in [1.54, 1.807) is 26.0 Å². The average molecular weight is 784 g/mol. The lowest BCUT2D eigenvalue weighted by atomic mass is 10.1. The maximum absolute atomic E-state index is 12.5. The molecule has 1 saturated heterocycles. The second kappa shape index (κ2) is 14.6. The van der Waals surface area contributed by atoms with E-state index in [-0.39, 0.29) is 39.5 Å². The molecule has 6 unspecified atom stereocenters. The molecular formula is C27H31N9O15P2-2. The van der Waals surface area contributed by atoms with Crippen LogP contribution in [0.1, 0.15) is 17.4 Å². The van der Waals surface area contributed by atoms with E-state index in [4.69, 9.17) is 10.5 Å². The summed E-state index contributed by atoms with van der Waals surface area (Å²) in [7, 11) is -11.6. The number of phosphoric ester groups is 2. The van der Waals surface area contributed by atoms with Crippen LogP contribution in [0.15, 0.2) is 34.4 Å². The number of aryl methyl sites for hydroxylation is 2. The summed E-state index contributed by atoms with van der Waals surface area (Å²) in [6.07, 6.45) is -10.3. The molecule has 26 heteroatoms. The Morgan fingerprint density at radius 1 is 1.00 bits per heavy atom. The van der Waals surface area contributed by atoms with E-state index in [1.165, 1.54) is 15.5 Å².